The number of anilines is 1. The molecule has 4 heteroatoms. The predicted molar refractivity (Wildman–Crippen MR) is 73.6 cm³/mol. The Labute approximate surface area is 109 Å². The molecule has 2 N–H and O–H groups in total. The molecule has 0 saturated carbocycles. The monoisotopic (exact) mass is 244 g/mol. The lowest BCUT2D eigenvalue weighted by Gasteiger charge is -2.27. The number of piperazine rings is 1. The predicted octanol–water partition coefficient (Wildman–Crippen LogP) is 1.27. The minimum Gasteiger partial charge on any atom is -0.385 e. The minimum atomic E-state index is 0.710. The Bertz CT molecular complexity index is 405. The van der Waals surface area contributed by atoms with Crippen LogP contribution in [0.15, 0.2) is 24.3 Å². The van der Waals surface area contributed by atoms with E-state index in [1.165, 1.54) is 0 Å². The number of rotatable bonds is 5. The van der Waals surface area contributed by atoms with E-state index in [0.29, 0.717) is 5.56 Å². The first-order valence-corrected chi connectivity index (χ1v) is 6.55. The van der Waals surface area contributed by atoms with Crippen molar-refractivity contribution in [1.82, 2.24) is 10.2 Å². The number of nitrogens with one attached hydrogen (secondary N) is 2. The smallest absolute Gasteiger partial charge is 0.0992 e. The maximum absolute atomic E-state index is 8.81. The minimum absolute atomic E-state index is 0.710. The van der Waals surface area contributed by atoms with Crippen LogP contribution in [-0.2, 0) is 0 Å². The normalized spacial score (nSPS) is 16.2. The third-order valence-corrected chi connectivity index (χ3v) is 3.18. The summed E-state index contributed by atoms with van der Waals surface area (Å²) >= 11 is 0. The lowest BCUT2D eigenvalue weighted by Crippen LogP contribution is -2.44. The van der Waals surface area contributed by atoms with Gasteiger partial charge in [-0.25, -0.2) is 0 Å². The molecule has 1 heterocycles. The second-order valence-electron chi connectivity index (χ2n) is 4.56. The highest BCUT2D eigenvalue weighted by Gasteiger charge is 2.07. The van der Waals surface area contributed by atoms with Gasteiger partial charge < -0.3 is 15.5 Å². The van der Waals surface area contributed by atoms with Gasteiger partial charge in [0.25, 0.3) is 0 Å². The van der Waals surface area contributed by atoms with E-state index in [0.717, 1.165) is 51.4 Å². The Morgan fingerprint density at radius 2 is 2.17 bits per heavy atom. The Kier molecular flexibility index (Phi) is 5.00. The topological polar surface area (TPSA) is 51.1 Å². The number of nitrogens with zero attached hydrogens (tertiary/aromatic N) is 2. The van der Waals surface area contributed by atoms with E-state index in [9.17, 15) is 0 Å². The van der Waals surface area contributed by atoms with Crippen molar-refractivity contribution in [3.8, 4) is 6.07 Å². The van der Waals surface area contributed by atoms with Crippen LogP contribution in [0.25, 0.3) is 0 Å². The van der Waals surface area contributed by atoms with Gasteiger partial charge in [-0.15, -0.1) is 0 Å². The molecular weight excluding hydrogens is 224 g/mol. The van der Waals surface area contributed by atoms with Crippen LogP contribution in [0, 0.1) is 11.3 Å². The fourth-order valence-corrected chi connectivity index (χ4v) is 2.17. The van der Waals surface area contributed by atoms with Crippen molar-refractivity contribution in [1.29, 1.82) is 5.26 Å². The summed E-state index contributed by atoms with van der Waals surface area (Å²) in [6.45, 7) is 6.63. The van der Waals surface area contributed by atoms with Gasteiger partial charge in [-0.05, 0) is 31.2 Å². The van der Waals surface area contributed by atoms with Gasteiger partial charge in [0.1, 0.15) is 0 Å². The molecule has 0 aromatic heterocycles. The van der Waals surface area contributed by atoms with Gasteiger partial charge in [-0.1, -0.05) is 6.07 Å². The number of benzene rings is 1. The van der Waals surface area contributed by atoms with Gasteiger partial charge >= 0.3 is 0 Å². The molecule has 96 valence electrons. The quantitative estimate of drug-likeness (QED) is 0.766. The Balaban J connectivity index is 1.67. The molecule has 0 aliphatic carbocycles. The van der Waals surface area contributed by atoms with Gasteiger partial charge in [-0.3, -0.25) is 0 Å². The largest absolute Gasteiger partial charge is 0.385 e. The van der Waals surface area contributed by atoms with Crippen LogP contribution in [0.3, 0.4) is 0 Å². The second kappa shape index (κ2) is 7.00. The zero-order valence-electron chi connectivity index (χ0n) is 10.7. The molecule has 0 atom stereocenters. The average Bonchev–Trinajstić information content (AvgIpc) is 2.45. The Hall–Kier alpha value is -1.57. The van der Waals surface area contributed by atoms with Gasteiger partial charge in [-0.2, -0.15) is 5.26 Å². The van der Waals surface area contributed by atoms with E-state index in [2.05, 4.69) is 21.6 Å². The summed E-state index contributed by atoms with van der Waals surface area (Å²) in [4.78, 5) is 2.49. The first-order valence-electron chi connectivity index (χ1n) is 6.55. The Morgan fingerprint density at radius 1 is 1.33 bits per heavy atom. The van der Waals surface area contributed by atoms with Crippen molar-refractivity contribution in [2.75, 3.05) is 44.6 Å². The second-order valence-corrected chi connectivity index (χ2v) is 4.56. The summed E-state index contributed by atoms with van der Waals surface area (Å²) in [6, 6.07) is 9.79. The van der Waals surface area contributed by atoms with Crippen LogP contribution in [0.4, 0.5) is 5.69 Å². The fourth-order valence-electron chi connectivity index (χ4n) is 2.17. The molecule has 0 spiro atoms. The SMILES string of the molecule is N#Cc1cccc(NCCCN2CCNCC2)c1. The molecule has 0 amide bonds. The summed E-state index contributed by atoms with van der Waals surface area (Å²) < 4.78 is 0. The molecule has 0 bridgehead atoms. The van der Waals surface area contributed by atoms with Gasteiger partial charge in [0, 0.05) is 38.4 Å². The summed E-state index contributed by atoms with van der Waals surface area (Å²) in [5, 5.41) is 15.5. The van der Waals surface area contributed by atoms with E-state index in [1.807, 2.05) is 24.3 Å². The molecule has 1 aromatic rings. The lowest BCUT2D eigenvalue weighted by atomic mass is 10.2. The van der Waals surface area contributed by atoms with Crippen molar-refractivity contribution in [3.05, 3.63) is 29.8 Å². The van der Waals surface area contributed by atoms with Crippen LogP contribution < -0.4 is 10.6 Å². The maximum Gasteiger partial charge on any atom is 0.0992 e. The van der Waals surface area contributed by atoms with E-state index in [1.54, 1.807) is 0 Å². The zero-order valence-corrected chi connectivity index (χ0v) is 10.7. The summed E-state index contributed by atoms with van der Waals surface area (Å²) in [7, 11) is 0. The van der Waals surface area contributed by atoms with Crippen LogP contribution in [0.5, 0.6) is 0 Å². The number of nitriles is 1. The molecule has 1 fully saturated rings. The van der Waals surface area contributed by atoms with Gasteiger partial charge in [0.15, 0.2) is 0 Å². The van der Waals surface area contributed by atoms with Crippen LogP contribution in [0.1, 0.15) is 12.0 Å². The molecule has 4 nitrogen and oxygen atoms in total. The van der Waals surface area contributed by atoms with E-state index in [-0.39, 0.29) is 0 Å². The van der Waals surface area contributed by atoms with Crippen LogP contribution >= 0.6 is 0 Å². The van der Waals surface area contributed by atoms with E-state index < -0.39 is 0 Å². The fraction of sp³-hybridized carbons (Fsp3) is 0.500. The van der Waals surface area contributed by atoms with Crippen LogP contribution in [0.2, 0.25) is 0 Å². The first kappa shape index (κ1) is 12.9. The molecule has 18 heavy (non-hydrogen) atoms. The third kappa shape index (κ3) is 4.02. The van der Waals surface area contributed by atoms with Crippen molar-refractivity contribution in [3.63, 3.8) is 0 Å². The van der Waals surface area contributed by atoms with Crippen molar-refractivity contribution in [2.45, 2.75) is 6.42 Å². The molecule has 1 aliphatic heterocycles. The van der Waals surface area contributed by atoms with E-state index in [4.69, 9.17) is 5.26 Å². The zero-order chi connectivity index (χ0) is 12.6. The molecule has 1 aliphatic rings. The maximum atomic E-state index is 8.81. The van der Waals surface area contributed by atoms with Crippen molar-refractivity contribution < 1.29 is 0 Å². The molecule has 1 aromatic carbocycles. The van der Waals surface area contributed by atoms with Gasteiger partial charge in [0.2, 0.25) is 0 Å². The van der Waals surface area contributed by atoms with Gasteiger partial charge in [0.05, 0.1) is 11.6 Å². The molecule has 1 saturated heterocycles. The number of hydrogen-bond acceptors (Lipinski definition) is 4. The first-order chi connectivity index (χ1) is 8.88. The molecule has 0 radical (unpaired) electrons. The van der Waals surface area contributed by atoms with Crippen molar-refractivity contribution >= 4 is 5.69 Å². The van der Waals surface area contributed by atoms with Crippen LogP contribution in [-0.4, -0.2) is 44.2 Å². The number of hydrogen-bond donors (Lipinski definition) is 2. The third-order valence-electron chi connectivity index (χ3n) is 3.18. The summed E-state index contributed by atoms with van der Waals surface area (Å²) in [5.74, 6) is 0. The molecule has 0 unspecified atom stereocenters. The van der Waals surface area contributed by atoms with E-state index >= 15 is 0 Å². The summed E-state index contributed by atoms with van der Waals surface area (Å²) in [6.07, 6.45) is 1.14. The highest BCUT2D eigenvalue weighted by molar-refractivity contribution is 5.48. The van der Waals surface area contributed by atoms with Crippen molar-refractivity contribution in [2.24, 2.45) is 0 Å². The highest BCUT2D eigenvalue weighted by atomic mass is 15.2. The highest BCUT2D eigenvalue weighted by Crippen LogP contribution is 2.09. The lowest BCUT2D eigenvalue weighted by molar-refractivity contribution is 0.240. The molecular formula is C14H20N4. The standard InChI is InChI=1S/C14H20N4/c15-12-13-3-1-4-14(11-13)17-5-2-8-18-9-6-16-7-10-18/h1,3-4,11,16-17H,2,5-10H2. The summed E-state index contributed by atoms with van der Waals surface area (Å²) in [5.41, 5.74) is 1.75. The average molecular weight is 244 g/mol. The molecule has 2 rings (SSSR count). The Morgan fingerprint density at radius 3 is 2.94 bits per heavy atom.